The Hall–Kier alpha value is -4.60. The molecule has 34 heavy (non-hydrogen) atoms. The summed E-state index contributed by atoms with van der Waals surface area (Å²) in [7, 11) is 0. The molecule has 5 rings (SSSR count). The molecule has 0 spiro atoms. The molecule has 1 aliphatic rings. The summed E-state index contributed by atoms with van der Waals surface area (Å²) >= 11 is 0. The lowest BCUT2D eigenvalue weighted by atomic mass is 10.1. The minimum atomic E-state index is -0.367. The van der Waals surface area contributed by atoms with Crippen LogP contribution in [0.25, 0.3) is 22.1 Å². The topological polar surface area (TPSA) is 134 Å². The van der Waals surface area contributed by atoms with Crippen molar-refractivity contribution in [2.75, 3.05) is 10.6 Å². The molecule has 10 heteroatoms. The minimum Gasteiger partial charge on any atom is -0.352 e. The molecule has 0 unspecified atom stereocenters. The number of imidazole rings is 2. The molecule has 0 bridgehead atoms. The Labute approximate surface area is 192 Å². The summed E-state index contributed by atoms with van der Waals surface area (Å²) in [5, 5.41) is 5.94. The summed E-state index contributed by atoms with van der Waals surface area (Å²) in [4.78, 5) is 55.0. The average molecular weight is 458 g/mol. The van der Waals surface area contributed by atoms with E-state index in [1.54, 1.807) is 45.5 Å². The molecule has 4 N–H and O–H groups in total. The van der Waals surface area contributed by atoms with Crippen LogP contribution in [0.15, 0.2) is 69.5 Å². The maximum absolute atomic E-state index is 12.7. The first-order valence-corrected chi connectivity index (χ1v) is 10.9. The highest BCUT2D eigenvalue weighted by atomic mass is 16.2. The number of aromatic nitrogens is 4. The van der Waals surface area contributed by atoms with Crippen LogP contribution in [-0.4, -0.2) is 30.7 Å². The molecule has 1 aliphatic carbocycles. The number of carbonyl (C=O) groups excluding carboxylic acids is 2. The van der Waals surface area contributed by atoms with E-state index >= 15 is 0 Å². The lowest BCUT2D eigenvalue weighted by Crippen LogP contribution is -2.21. The van der Waals surface area contributed by atoms with Crippen LogP contribution < -0.4 is 22.0 Å². The molecule has 0 aliphatic heterocycles. The first-order chi connectivity index (χ1) is 16.4. The van der Waals surface area contributed by atoms with Gasteiger partial charge in [-0.2, -0.15) is 0 Å². The van der Waals surface area contributed by atoms with Crippen molar-refractivity contribution in [3.63, 3.8) is 0 Å². The quantitative estimate of drug-likeness (QED) is 0.328. The highest BCUT2D eigenvalue weighted by Gasteiger charge is 2.21. The number of rotatable bonds is 6. The van der Waals surface area contributed by atoms with Gasteiger partial charge >= 0.3 is 11.4 Å². The van der Waals surface area contributed by atoms with Gasteiger partial charge in [0.25, 0.3) is 0 Å². The first-order valence-electron chi connectivity index (χ1n) is 10.9. The van der Waals surface area contributed by atoms with E-state index in [4.69, 9.17) is 0 Å². The van der Waals surface area contributed by atoms with E-state index in [9.17, 15) is 19.2 Å². The fraction of sp³-hybridized carbons (Fsp3) is 0.167. The van der Waals surface area contributed by atoms with Crippen molar-refractivity contribution < 1.29 is 9.59 Å². The lowest BCUT2D eigenvalue weighted by Gasteiger charge is -2.16. The predicted molar refractivity (Wildman–Crippen MR) is 130 cm³/mol. The zero-order valence-corrected chi connectivity index (χ0v) is 18.6. The van der Waals surface area contributed by atoms with Crippen LogP contribution in [-0.2, 0) is 22.7 Å². The van der Waals surface area contributed by atoms with Crippen LogP contribution in [0.2, 0.25) is 0 Å². The van der Waals surface area contributed by atoms with Crippen molar-refractivity contribution in [3.05, 3.63) is 80.9 Å². The molecule has 10 nitrogen and oxygen atoms in total. The Morgan fingerprint density at radius 1 is 0.676 bits per heavy atom. The van der Waals surface area contributed by atoms with Crippen LogP contribution >= 0.6 is 0 Å². The number of carbonyl (C=O) groups is 2. The summed E-state index contributed by atoms with van der Waals surface area (Å²) in [5.41, 5.74) is 3.79. The number of ketones is 2. The number of aryl methyl sites for hydroxylation is 2. The van der Waals surface area contributed by atoms with Crippen molar-refractivity contribution in [2.24, 2.45) is 0 Å². The fourth-order valence-corrected chi connectivity index (χ4v) is 4.18. The summed E-state index contributed by atoms with van der Waals surface area (Å²) < 4.78 is 3.22. The van der Waals surface area contributed by atoms with Gasteiger partial charge in [0, 0.05) is 36.6 Å². The summed E-state index contributed by atoms with van der Waals surface area (Å²) in [6, 6.07) is 10.5. The number of nitrogens with one attached hydrogen (secondary N) is 4. The molecule has 4 aromatic rings. The second kappa shape index (κ2) is 8.07. The van der Waals surface area contributed by atoms with E-state index in [0.29, 0.717) is 35.5 Å². The molecule has 0 atom stereocenters. The van der Waals surface area contributed by atoms with Gasteiger partial charge in [-0.3, -0.25) is 18.7 Å². The van der Waals surface area contributed by atoms with E-state index in [1.807, 2.05) is 13.8 Å². The number of hydrogen-bond donors (Lipinski definition) is 4. The Balaban J connectivity index is 1.36. The van der Waals surface area contributed by atoms with E-state index in [0.717, 1.165) is 11.0 Å². The van der Waals surface area contributed by atoms with Crippen molar-refractivity contribution in [3.8, 4) is 0 Å². The number of benzene rings is 2. The third-order valence-corrected chi connectivity index (χ3v) is 5.82. The van der Waals surface area contributed by atoms with Crippen molar-refractivity contribution >= 4 is 45.0 Å². The Bertz CT molecular complexity index is 1540. The number of hydrogen-bond acceptors (Lipinski definition) is 6. The number of fused-ring (bicyclic) bond motifs is 2. The first kappa shape index (κ1) is 21.3. The van der Waals surface area contributed by atoms with Crippen molar-refractivity contribution in [2.45, 2.75) is 26.9 Å². The molecule has 0 radical (unpaired) electrons. The van der Waals surface area contributed by atoms with E-state index < -0.39 is 0 Å². The highest BCUT2D eigenvalue weighted by Crippen LogP contribution is 2.22. The SMILES string of the molecule is CCn1c(=O)[nH]c2cc(NC3=CC(=O)C(Nc4ccc5c(c4)[nH]c(=O)n5CC)=CC3=O)ccc21. The summed E-state index contributed by atoms with van der Waals surface area (Å²) in [6.07, 6.45) is 2.48. The maximum Gasteiger partial charge on any atom is 0.326 e. The van der Waals surface area contributed by atoms with Gasteiger partial charge in [-0.25, -0.2) is 9.59 Å². The van der Waals surface area contributed by atoms with Gasteiger partial charge < -0.3 is 20.6 Å². The molecular weight excluding hydrogens is 436 g/mol. The van der Waals surface area contributed by atoms with Crippen LogP contribution in [0.1, 0.15) is 13.8 Å². The average Bonchev–Trinajstić information content (AvgIpc) is 3.30. The van der Waals surface area contributed by atoms with Crippen LogP contribution in [0, 0.1) is 0 Å². The van der Waals surface area contributed by atoms with E-state index in [2.05, 4.69) is 20.6 Å². The third kappa shape index (κ3) is 3.54. The molecule has 172 valence electrons. The molecular formula is C24H22N6O4. The maximum atomic E-state index is 12.7. The minimum absolute atomic E-state index is 0.131. The van der Waals surface area contributed by atoms with Crippen molar-refractivity contribution in [1.29, 1.82) is 0 Å². The van der Waals surface area contributed by atoms with Gasteiger partial charge in [0.1, 0.15) is 0 Å². The van der Waals surface area contributed by atoms with E-state index in [1.165, 1.54) is 12.2 Å². The van der Waals surface area contributed by atoms with Gasteiger partial charge in [0.15, 0.2) is 0 Å². The van der Waals surface area contributed by atoms with Gasteiger partial charge in [-0.1, -0.05) is 0 Å². The second-order valence-electron chi connectivity index (χ2n) is 7.91. The van der Waals surface area contributed by atoms with Gasteiger partial charge in [0.2, 0.25) is 11.6 Å². The standard InChI is InChI=1S/C24H22N6O4/c1-3-29-19-7-5-13(9-15(19)27-23(29)33)25-17-11-22(32)18(12-21(17)31)26-14-6-8-20-16(10-14)28-24(34)30(20)4-2/h5-12,25-26H,3-4H2,1-2H3,(H,27,33)(H,28,34). The predicted octanol–water partition coefficient (Wildman–Crippen LogP) is 2.46. The Morgan fingerprint density at radius 3 is 1.47 bits per heavy atom. The molecule has 0 saturated carbocycles. The number of nitrogens with zero attached hydrogens (tertiary/aromatic N) is 2. The molecule has 0 amide bonds. The number of allylic oxidation sites excluding steroid dienone is 2. The Kier molecular flexibility index (Phi) is 5.05. The molecule has 0 saturated heterocycles. The monoisotopic (exact) mass is 458 g/mol. The second-order valence-corrected chi connectivity index (χ2v) is 7.91. The number of anilines is 2. The zero-order chi connectivity index (χ0) is 24.0. The number of aromatic amines is 2. The largest absolute Gasteiger partial charge is 0.352 e. The van der Waals surface area contributed by atoms with Gasteiger partial charge in [-0.15, -0.1) is 0 Å². The smallest absolute Gasteiger partial charge is 0.326 e. The summed E-state index contributed by atoms with van der Waals surface area (Å²) in [5.74, 6) is -0.734. The van der Waals surface area contributed by atoms with Crippen LogP contribution in [0.3, 0.4) is 0 Å². The van der Waals surface area contributed by atoms with E-state index in [-0.39, 0.29) is 34.3 Å². The normalized spacial score (nSPS) is 13.9. The van der Waals surface area contributed by atoms with Crippen molar-refractivity contribution in [1.82, 2.24) is 19.1 Å². The highest BCUT2D eigenvalue weighted by molar-refractivity contribution is 6.22. The Morgan fingerprint density at radius 2 is 1.09 bits per heavy atom. The lowest BCUT2D eigenvalue weighted by molar-refractivity contribution is -0.115. The van der Waals surface area contributed by atoms with Gasteiger partial charge in [-0.05, 0) is 50.2 Å². The van der Waals surface area contributed by atoms with Crippen LogP contribution in [0.4, 0.5) is 11.4 Å². The molecule has 2 aromatic carbocycles. The molecule has 2 heterocycles. The van der Waals surface area contributed by atoms with Crippen LogP contribution in [0.5, 0.6) is 0 Å². The fourth-order valence-electron chi connectivity index (χ4n) is 4.18. The number of H-pyrrole nitrogens is 2. The molecule has 2 aromatic heterocycles. The van der Waals surface area contributed by atoms with Gasteiger partial charge in [0.05, 0.1) is 33.5 Å². The third-order valence-electron chi connectivity index (χ3n) is 5.82. The molecule has 0 fully saturated rings. The summed E-state index contributed by atoms with van der Waals surface area (Å²) in [6.45, 7) is 4.85. The zero-order valence-electron chi connectivity index (χ0n) is 18.6.